The first-order valence-corrected chi connectivity index (χ1v) is 10.2. The highest BCUT2D eigenvalue weighted by Crippen LogP contribution is 2.48. The number of nitrogens with zero attached hydrogens (tertiary/aromatic N) is 2. The normalized spacial score (nSPS) is 13.3. The Kier molecular flexibility index (Phi) is 4.51. The molecule has 0 bridgehead atoms. The molecular formula is C23H19N3OS. The molecule has 1 aliphatic rings. The molecule has 2 aromatic carbocycles. The number of benzene rings is 2. The molecule has 28 heavy (non-hydrogen) atoms. The van der Waals surface area contributed by atoms with Crippen molar-refractivity contribution in [1.82, 2.24) is 9.97 Å². The SMILES string of the molecule is c1ccc(Nc2cc(Oc3sc(C4CC4)nc3-c3ccccc3)ccn2)cc1. The van der Waals surface area contributed by atoms with Gasteiger partial charge in [-0.05, 0) is 31.0 Å². The molecule has 0 radical (unpaired) electrons. The fraction of sp³-hybridized carbons (Fsp3) is 0.130. The molecule has 1 fully saturated rings. The largest absolute Gasteiger partial charge is 0.444 e. The first-order valence-electron chi connectivity index (χ1n) is 9.37. The van der Waals surface area contributed by atoms with E-state index in [9.17, 15) is 0 Å². The highest BCUT2D eigenvalue weighted by atomic mass is 32.1. The maximum Gasteiger partial charge on any atom is 0.208 e. The van der Waals surface area contributed by atoms with Crippen LogP contribution in [-0.2, 0) is 0 Å². The summed E-state index contributed by atoms with van der Waals surface area (Å²) in [5, 5.41) is 5.32. The van der Waals surface area contributed by atoms with Crippen LogP contribution in [0.2, 0.25) is 0 Å². The predicted molar refractivity (Wildman–Crippen MR) is 114 cm³/mol. The van der Waals surface area contributed by atoms with Crippen LogP contribution in [0.1, 0.15) is 23.8 Å². The van der Waals surface area contributed by atoms with Gasteiger partial charge in [-0.1, -0.05) is 59.9 Å². The first kappa shape index (κ1) is 17.0. The number of thiazole rings is 1. The lowest BCUT2D eigenvalue weighted by Crippen LogP contribution is -1.93. The van der Waals surface area contributed by atoms with Crippen molar-refractivity contribution in [3.8, 4) is 22.1 Å². The number of hydrogen-bond donors (Lipinski definition) is 1. The Morgan fingerprint density at radius 3 is 2.43 bits per heavy atom. The van der Waals surface area contributed by atoms with E-state index < -0.39 is 0 Å². The molecule has 4 aromatic rings. The minimum absolute atomic E-state index is 0.595. The van der Waals surface area contributed by atoms with Crippen LogP contribution in [0.4, 0.5) is 11.5 Å². The molecule has 2 heterocycles. The summed E-state index contributed by atoms with van der Waals surface area (Å²) >= 11 is 1.66. The van der Waals surface area contributed by atoms with Gasteiger partial charge >= 0.3 is 0 Å². The molecule has 0 atom stereocenters. The van der Waals surface area contributed by atoms with E-state index in [1.54, 1.807) is 17.5 Å². The number of hydrogen-bond acceptors (Lipinski definition) is 5. The summed E-state index contributed by atoms with van der Waals surface area (Å²) < 4.78 is 6.28. The number of anilines is 2. The van der Waals surface area contributed by atoms with E-state index in [0.29, 0.717) is 5.92 Å². The minimum atomic E-state index is 0.595. The highest BCUT2D eigenvalue weighted by molar-refractivity contribution is 7.14. The van der Waals surface area contributed by atoms with E-state index in [0.717, 1.165) is 33.6 Å². The first-order chi connectivity index (χ1) is 13.8. The second-order valence-corrected chi connectivity index (χ2v) is 7.79. The van der Waals surface area contributed by atoms with E-state index in [1.807, 2.05) is 60.7 Å². The quantitative estimate of drug-likeness (QED) is 0.405. The Balaban J connectivity index is 1.44. The van der Waals surface area contributed by atoms with Gasteiger partial charge in [0.05, 0.1) is 0 Å². The molecule has 1 saturated carbocycles. The van der Waals surface area contributed by atoms with Gasteiger partial charge in [-0.2, -0.15) is 0 Å². The Morgan fingerprint density at radius 2 is 1.68 bits per heavy atom. The van der Waals surface area contributed by atoms with Gasteiger partial charge in [-0.3, -0.25) is 0 Å². The predicted octanol–water partition coefficient (Wildman–Crippen LogP) is 6.62. The van der Waals surface area contributed by atoms with Crippen molar-refractivity contribution in [2.75, 3.05) is 5.32 Å². The summed E-state index contributed by atoms with van der Waals surface area (Å²) in [6.45, 7) is 0. The molecule has 138 valence electrons. The summed E-state index contributed by atoms with van der Waals surface area (Å²) in [6, 6.07) is 24.0. The van der Waals surface area contributed by atoms with E-state index in [1.165, 1.54) is 17.8 Å². The zero-order valence-corrected chi connectivity index (χ0v) is 16.0. The zero-order valence-electron chi connectivity index (χ0n) is 15.2. The summed E-state index contributed by atoms with van der Waals surface area (Å²) in [6.07, 6.45) is 4.20. The fourth-order valence-corrected chi connectivity index (χ4v) is 4.12. The Labute approximate surface area is 167 Å². The number of pyridine rings is 1. The van der Waals surface area contributed by atoms with Gasteiger partial charge in [0.1, 0.15) is 22.3 Å². The van der Waals surface area contributed by atoms with Gasteiger partial charge in [0, 0.05) is 29.4 Å². The van der Waals surface area contributed by atoms with Crippen molar-refractivity contribution in [3.05, 3.63) is 84.0 Å². The highest BCUT2D eigenvalue weighted by Gasteiger charge is 2.29. The number of aromatic nitrogens is 2. The van der Waals surface area contributed by atoms with Crippen molar-refractivity contribution in [2.24, 2.45) is 0 Å². The van der Waals surface area contributed by atoms with Crippen LogP contribution < -0.4 is 10.1 Å². The zero-order chi connectivity index (χ0) is 18.8. The van der Waals surface area contributed by atoms with Crippen LogP contribution in [0, 0.1) is 0 Å². The molecule has 5 rings (SSSR count). The molecule has 1 aliphatic carbocycles. The van der Waals surface area contributed by atoms with Crippen LogP contribution >= 0.6 is 11.3 Å². The van der Waals surface area contributed by atoms with Gasteiger partial charge < -0.3 is 10.1 Å². The number of nitrogens with one attached hydrogen (secondary N) is 1. The molecule has 0 spiro atoms. The molecule has 5 heteroatoms. The number of rotatable bonds is 6. The Morgan fingerprint density at radius 1 is 0.929 bits per heavy atom. The van der Waals surface area contributed by atoms with Crippen molar-refractivity contribution in [1.29, 1.82) is 0 Å². The standard InChI is InChI=1S/C23H19N3OS/c1-3-7-16(8-4-1)21-23(28-22(26-21)17-11-12-17)27-19-13-14-24-20(15-19)25-18-9-5-2-6-10-18/h1-10,13-15,17H,11-12H2,(H,24,25). The molecule has 2 aromatic heterocycles. The lowest BCUT2D eigenvalue weighted by atomic mass is 10.2. The topological polar surface area (TPSA) is 47.0 Å². The van der Waals surface area contributed by atoms with Crippen LogP contribution in [0.5, 0.6) is 10.8 Å². The van der Waals surface area contributed by atoms with Gasteiger partial charge in [0.15, 0.2) is 0 Å². The van der Waals surface area contributed by atoms with Crippen molar-refractivity contribution >= 4 is 22.8 Å². The second kappa shape index (κ2) is 7.44. The third kappa shape index (κ3) is 3.75. The van der Waals surface area contributed by atoms with E-state index in [-0.39, 0.29) is 0 Å². The molecule has 0 amide bonds. The van der Waals surface area contributed by atoms with Crippen LogP contribution in [0.15, 0.2) is 79.0 Å². The molecule has 0 unspecified atom stereocenters. The van der Waals surface area contributed by atoms with Gasteiger partial charge in [-0.15, -0.1) is 0 Å². The Bertz CT molecular complexity index is 1080. The van der Waals surface area contributed by atoms with Crippen molar-refractivity contribution < 1.29 is 4.74 Å². The summed E-state index contributed by atoms with van der Waals surface area (Å²) in [7, 11) is 0. The number of para-hydroxylation sites is 1. The minimum Gasteiger partial charge on any atom is -0.444 e. The smallest absolute Gasteiger partial charge is 0.208 e. The molecule has 0 aliphatic heterocycles. The maximum absolute atomic E-state index is 6.28. The third-order valence-electron chi connectivity index (χ3n) is 4.57. The summed E-state index contributed by atoms with van der Waals surface area (Å²) in [4.78, 5) is 9.29. The average Bonchev–Trinajstić information content (AvgIpc) is 3.51. The van der Waals surface area contributed by atoms with Crippen LogP contribution in [0.3, 0.4) is 0 Å². The van der Waals surface area contributed by atoms with E-state index >= 15 is 0 Å². The Hall–Kier alpha value is -3.18. The van der Waals surface area contributed by atoms with Gasteiger partial charge in [0.25, 0.3) is 0 Å². The summed E-state index contributed by atoms with van der Waals surface area (Å²) in [5.41, 5.74) is 2.99. The molecule has 4 nitrogen and oxygen atoms in total. The van der Waals surface area contributed by atoms with Crippen molar-refractivity contribution in [2.45, 2.75) is 18.8 Å². The van der Waals surface area contributed by atoms with E-state index in [4.69, 9.17) is 9.72 Å². The van der Waals surface area contributed by atoms with Crippen LogP contribution in [-0.4, -0.2) is 9.97 Å². The molecule has 1 N–H and O–H groups in total. The average molecular weight is 385 g/mol. The second-order valence-electron chi connectivity index (χ2n) is 6.80. The third-order valence-corrected chi connectivity index (χ3v) is 5.67. The van der Waals surface area contributed by atoms with E-state index in [2.05, 4.69) is 22.4 Å². The molecular weight excluding hydrogens is 366 g/mol. The monoisotopic (exact) mass is 385 g/mol. The van der Waals surface area contributed by atoms with Crippen molar-refractivity contribution in [3.63, 3.8) is 0 Å². The van der Waals surface area contributed by atoms with Crippen LogP contribution in [0.25, 0.3) is 11.3 Å². The lowest BCUT2D eigenvalue weighted by Gasteiger charge is -2.09. The summed E-state index contributed by atoms with van der Waals surface area (Å²) in [5.74, 6) is 2.09. The maximum atomic E-state index is 6.28. The number of ether oxygens (including phenoxy) is 1. The lowest BCUT2D eigenvalue weighted by molar-refractivity contribution is 0.496. The van der Waals surface area contributed by atoms with Gasteiger partial charge in [0.2, 0.25) is 5.06 Å². The molecule has 0 saturated heterocycles. The van der Waals surface area contributed by atoms with Gasteiger partial charge in [-0.25, -0.2) is 9.97 Å². The fourth-order valence-electron chi connectivity index (χ4n) is 2.99.